The van der Waals surface area contributed by atoms with Gasteiger partial charge in [0.25, 0.3) is 0 Å². The summed E-state index contributed by atoms with van der Waals surface area (Å²) in [5.41, 5.74) is 15.5. The molecule has 86 heavy (non-hydrogen) atoms. The van der Waals surface area contributed by atoms with Crippen LogP contribution in [0.4, 0.5) is 60.0 Å². The normalized spacial score (nSPS) is 12.8. The number of halogens is 2. The van der Waals surface area contributed by atoms with Crippen LogP contribution in [0, 0.1) is 34.3 Å². The molecule has 0 unspecified atom stereocenters. The van der Waals surface area contributed by atoms with Crippen molar-refractivity contribution in [3.05, 3.63) is 306 Å². The van der Waals surface area contributed by atoms with Crippen molar-refractivity contribution in [2.24, 2.45) is 0 Å². The first-order valence-corrected chi connectivity index (χ1v) is 28.4. The molecule has 2 aromatic heterocycles. The molecule has 0 fully saturated rings. The third-order valence-corrected chi connectivity index (χ3v) is 17.6. The number of benzene rings is 13. The van der Waals surface area contributed by atoms with Gasteiger partial charge in [-0.05, 0) is 153 Å². The van der Waals surface area contributed by atoms with Gasteiger partial charge in [0.05, 0.1) is 50.7 Å². The van der Waals surface area contributed by atoms with E-state index in [-0.39, 0.29) is 11.6 Å². The molecule has 0 saturated carbocycles. The lowest BCUT2D eigenvalue weighted by Crippen LogP contribution is -2.36. The summed E-state index contributed by atoms with van der Waals surface area (Å²) in [6, 6.07) is 91.0. The van der Waals surface area contributed by atoms with Gasteiger partial charge in [0.15, 0.2) is 22.3 Å². The molecular weight excluding hydrogens is 1060 g/mol. The fourth-order valence-corrected chi connectivity index (χ4v) is 14.2. The van der Waals surface area contributed by atoms with Crippen molar-refractivity contribution >= 4 is 117 Å². The summed E-state index contributed by atoms with van der Waals surface area (Å²) in [7, 11) is 0. The molecule has 1 aliphatic heterocycles. The van der Waals surface area contributed by atoms with Gasteiger partial charge >= 0.3 is 0 Å². The van der Waals surface area contributed by atoms with E-state index in [2.05, 4.69) is 160 Å². The van der Waals surface area contributed by atoms with E-state index in [9.17, 15) is 10.5 Å². The van der Waals surface area contributed by atoms with Crippen molar-refractivity contribution in [1.82, 2.24) is 0 Å². The molecule has 7 nitrogen and oxygen atoms in total. The molecule has 13 aromatic carbocycles. The van der Waals surface area contributed by atoms with E-state index in [1.807, 2.05) is 66.7 Å². The number of nitrogens with zero attached hydrogens (tertiary/aromatic N) is 5. The van der Waals surface area contributed by atoms with Crippen molar-refractivity contribution in [3.63, 3.8) is 0 Å². The minimum Gasteiger partial charge on any atom is -0.452 e. The van der Waals surface area contributed by atoms with Crippen LogP contribution in [0.5, 0.6) is 0 Å². The molecule has 0 amide bonds. The summed E-state index contributed by atoms with van der Waals surface area (Å²) in [6.45, 7) is 0. The topological polar surface area (TPSA) is 83.6 Å². The van der Waals surface area contributed by atoms with Crippen molar-refractivity contribution in [3.8, 4) is 23.3 Å². The Morgan fingerprint density at radius 2 is 0.709 bits per heavy atom. The molecule has 1 aliphatic carbocycles. The molecule has 9 heteroatoms. The van der Waals surface area contributed by atoms with Crippen LogP contribution in [0.25, 0.3) is 76.5 Å². The Morgan fingerprint density at radius 1 is 0.337 bits per heavy atom. The number of anilines is 9. The van der Waals surface area contributed by atoms with Crippen LogP contribution in [0.2, 0.25) is 0 Å². The maximum absolute atomic E-state index is 15.4. The molecule has 402 valence electrons. The number of furan rings is 2. The first-order chi connectivity index (χ1) is 42.4. The Balaban J connectivity index is 1.04. The monoisotopic (exact) mass is 1110 g/mol. The molecule has 1 spiro atoms. The minimum absolute atomic E-state index is 0.373. The Labute approximate surface area is 491 Å². The van der Waals surface area contributed by atoms with E-state index in [1.165, 1.54) is 24.3 Å². The summed E-state index contributed by atoms with van der Waals surface area (Å²) in [6.07, 6.45) is 0. The van der Waals surface area contributed by atoms with Crippen LogP contribution in [-0.4, -0.2) is 0 Å². The van der Waals surface area contributed by atoms with Gasteiger partial charge in [0.2, 0.25) is 0 Å². The highest BCUT2D eigenvalue weighted by Crippen LogP contribution is 2.67. The first kappa shape index (κ1) is 48.9. The fraction of sp³-hybridized carbons (Fsp3) is 0.0130. The average Bonchev–Trinajstić information content (AvgIpc) is 1.46. The molecule has 0 saturated heterocycles. The van der Waals surface area contributed by atoms with E-state index in [0.717, 1.165) is 105 Å². The lowest BCUT2D eigenvalue weighted by molar-refractivity contribution is 0.627. The van der Waals surface area contributed by atoms with Gasteiger partial charge in [0, 0.05) is 49.4 Å². The second-order valence-corrected chi connectivity index (χ2v) is 21.9. The van der Waals surface area contributed by atoms with Gasteiger partial charge in [-0.2, -0.15) is 10.5 Å². The number of hydrogen-bond donors (Lipinski definition) is 0. The van der Waals surface area contributed by atoms with Crippen LogP contribution in [0.15, 0.2) is 270 Å². The van der Waals surface area contributed by atoms with Crippen molar-refractivity contribution < 1.29 is 17.6 Å². The van der Waals surface area contributed by atoms with E-state index in [4.69, 9.17) is 8.83 Å². The smallest absolute Gasteiger partial charge is 0.159 e. The van der Waals surface area contributed by atoms with Crippen LogP contribution in [0.1, 0.15) is 33.4 Å². The second kappa shape index (κ2) is 18.6. The first-order valence-electron chi connectivity index (χ1n) is 28.4. The number of nitriles is 2. The molecular formula is C77H43F2N5O2. The van der Waals surface area contributed by atoms with E-state index in [1.54, 1.807) is 36.4 Å². The lowest BCUT2D eigenvalue weighted by Gasteiger charge is -2.45. The molecule has 15 aromatic rings. The van der Waals surface area contributed by atoms with E-state index in [0.29, 0.717) is 56.2 Å². The number of fused-ring (bicyclic) bond motifs is 19. The third-order valence-electron chi connectivity index (χ3n) is 17.6. The van der Waals surface area contributed by atoms with Gasteiger partial charge in [-0.1, -0.05) is 152 Å². The second-order valence-electron chi connectivity index (χ2n) is 21.9. The molecule has 0 atom stereocenters. The zero-order valence-corrected chi connectivity index (χ0v) is 45.6. The Hall–Kier alpha value is -11.8. The molecule has 17 rings (SSSR count). The van der Waals surface area contributed by atoms with Crippen LogP contribution >= 0.6 is 0 Å². The third kappa shape index (κ3) is 6.79. The summed E-state index contributed by atoms with van der Waals surface area (Å²) in [5.74, 6) is -0.747. The minimum atomic E-state index is -1.08. The predicted molar refractivity (Wildman–Crippen MR) is 340 cm³/mol. The van der Waals surface area contributed by atoms with Gasteiger partial charge in [0.1, 0.15) is 23.8 Å². The van der Waals surface area contributed by atoms with Crippen molar-refractivity contribution in [2.75, 3.05) is 14.7 Å². The fourth-order valence-electron chi connectivity index (χ4n) is 14.2. The van der Waals surface area contributed by atoms with E-state index >= 15 is 8.78 Å². The maximum Gasteiger partial charge on any atom is 0.159 e. The molecule has 0 bridgehead atoms. The van der Waals surface area contributed by atoms with Gasteiger partial charge in [-0.15, -0.1) is 0 Å². The zero-order valence-electron chi connectivity index (χ0n) is 45.6. The molecule has 2 aliphatic rings. The number of para-hydroxylation sites is 7. The van der Waals surface area contributed by atoms with Crippen molar-refractivity contribution in [1.29, 1.82) is 10.5 Å². The SMILES string of the molecule is N#Cc1cccc2c1oc1c(N(c3ccc(F)cc3)c3cc4c(c5ccccc35)-c3c(cc(N(c5ccc(F)cc5)c5cccc6c5oc5c(C#N)cccc56)c5ccccc35)C43c4ccccc4N(c4ccccc4)c4ccccc43)cccc12. The summed E-state index contributed by atoms with van der Waals surface area (Å²) in [5, 5.41) is 27.9. The van der Waals surface area contributed by atoms with Crippen molar-refractivity contribution in [2.45, 2.75) is 5.41 Å². The largest absolute Gasteiger partial charge is 0.452 e. The predicted octanol–water partition coefficient (Wildman–Crippen LogP) is 20.9. The van der Waals surface area contributed by atoms with E-state index < -0.39 is 5.41 Å². The lowest BCUT2D eigenvalue weighted by atomic mass is 9.64. The Bertz CT molecular complexity index is 5130. The Kier molecular flexibility index (Phi) is 10.6. The average molecular weight is 1110 g/mol. The highest BCUT2D eigenvalue weighted by Gasteiger charge is 2.54. The van der Waals surface area contributed by atoms with Crippen LogP contribution in [0.3, 0.4) is 0 Å². The molecule has 3 heterocycles. The van der Waals surface area contributed by atoms with Crippen LogP contribution < -0.4 is 14.7 Å². The highest BCUT2D eigenvalue weighted by molar-refractivity contribution is 6.21. The van der Waals surface area contributed by atoms with Gasteiger partial charge in [-0.25, -0.2) is 8.78 Å². The summed E-state index contributed by atoms with van der Waals surface area (Å²) < 4.78 is 44.6. The maximum atomic E-state index is 15.4. The molecule has 0 N–H and O–H groups in total. The van der Waals surface area contributed by atoms with Crippen LogP contribution in [-0.2, 0) is 5.41 Å². The highest BCUT2D eigenvalue weighted by atomic mass is 19.1. The number of hydrogen-bond acceptors (Lipinski definition) is 7. The standard InChI is InChI=1S/C77H43F2N5O2/c78-48-34-38-51(39-35-48)83(67-32-14-26-59-57-24-12-16-46(44-80)73(57)85-75(59)67)69-42-63-71(55-22-6-4-20-53(55)69)72-56-23-7-5-21-54(56)70(84(52-40-36-49(79)37-41-52)68-33-15-27-60-58-25-13-17-47(45-81)74(58)86-76(60)68)43-64(72)77(63)61-28-8-10-30-65(61)82(50-18-2-1-3-19-50)66-31-11-9-29-62(66)77/h1-43H. The summed E-state index contributed by atoms with van der Waals surface area (Å²) in [4.78, 5) is 6.72. The molecule has 0 radical (unpaired) electrons. The summed E-state index contributed by atoms with van der Waals surface area (Å²) >= 11 is 0. The Morgan fingerprint density at radius 3 is 1.15 bits per heavy atom. The zero-order chi connectivity index (χ0) is 57.4. The number of rotatable bonds is 7. The van der Waals surface area contributed by atoms with Gasteiger partial charge < -0.3 is 23.5 Å². The quantitative estimate of drug-likeness (QED) is 0.157. The van der Waals surface area contributed by atoms with Gasteiger partial charge in [-0.3, -0.25) is 0 Å².